The van der Waals surface area contributed by atoms with E-state index in [9.17, 15) is 32.3 Å². The second-order valence-electron chi connectivity index (χ2n) is 8.72. The van der Waals surface area contributed by atoms with E-state index in [1.54, 1.807) is 20.8 Å². The van der Waals surface area contributed by atoms with Gasteiger partial charge in [-0.15, -0.1) is 0 Å². The average molecular weight is 492 g/mol. The summed E-state index contributed by atoms with van der Waals surface area (Å²) in [5.74, 6) is -2.93. The van der Waals surface area contributed by atoms with E-state index < -0.39 is 41.0 Å². The van der Waals surface area contributed by atoms with E-state index in [0.29, 0.717) is 17.4 Å². The Morgan fingerprint density at radius 3 is 2.26 bits per heavy atom. The van der Waals surface area contributed by atoms with Gasteiger partial charge in [-0.05, 0) is 47.7 Å². The molecule has 6 nitrogen and oxygen atoms in total. The molecule has 0 aliphatic carbocycles. The Morgan fingerprint density at radius 2 is 1.69 bits per heavy atom. The third-order valence-corrected chi connectivity index (χ3v) is 5.91. The standard InChI is InChI=1S/C25H24F4N2O4/c1-4-24(2,3)21(23(33)34)31-22(32)17-11-7-15-8-12-18(26)30-19(15)20(17)35-13-14-5-9-16(10-6-14)25(27,28)29/h5-12,21H,4,13H2,1-3H3,(H,31,32)(H,33,34). The van der Waals surface area contributed by atoms with Crippen LogP contribution < -0.4 is 10.1 Å². The number of carbonyl (C=O) groups is 2. The number of pyridine rings is 1. The van der Waals surface area contributed by atoms with Crippen LogP contribution in [0.2, 0.25) is 0 Å². The number of hydrogen-bond acceptors (Lipinski definition) is 4. The van der Waals surface area contributed by atoms with Crippen molar-refractivity contribution in [1.82, 2.24) is 10.3 Å². The number of alkyl halides is 3. The molecule has 0 saturated heterocycles. The minimum atomic E-state index is -4.49. The van der Waals surface area contributed by atoms with Gasteiger partial charge in [0.05, 0.1) is 11.1 Å². The van der Waals surface area contributed by atoms with Crippen LogP contribution >= 0.6 is 0 Å². The lowest BCUT2D eigenvalue weighted by molar-refractivity contribution is -0.142. The highest BCUT2D eigenvalue weighted by Crippen LogP contribution is 2.32. The van der Waals surface area contributed by atoms with Crippen LogP contribution in [0, 0.1) is 11.4 Å². The molecule has 2 aromatic carbocycles. The monoisotopic (exact) mass is 492 g/mol. The summed E-state index contributed by atoms with van der Waals surface area (Å²) in [4.78, 5) is 28.8. The number of aliphatic carboxylic acids is 1. The van der Waals surface area contributed by atoms with Crippen molar-refractivity contribution >= 4 is 22.8 Å². The molecule has 1 aromatic heterocycles. The van der Waals surface area contributed by atoms with E-state index in [1.807, 2.05) is 0 Å². The van der Waals surface area contributed by atoms with Crippen LogP contribution in [0.5, 0.6) is 5.75 Å². The van der Waals surface area contributed by atoms with Crippen molar-refractivity contribution in [3.63, 3.8) is 0 Å². The zero-order valence-corrected chi connectivity index (χ0v) is 19.2. The molecule has 0 saturated carbocycles. The molecule has 10 heteroatoms. The number of carbonyl (C=O) groups excluding carboxylic acids is 1. The predicted octanol–water partition coefficient (Wildman–Crippen LogP) is 5.59. The van der Waals surface area contributed by atoms with Gasteiger partial charge in [-0.2, -0.15) is 17.6 Å². The van der Waals surface area contributed by atoms with Gasteiger partial charge in [0.15, 0.2) is 5.75 Å². The molecule has 3 aromatic rings. The van der Waals surface area contributed by atoms with Crippen molar-refractivity contribution in [2.45, 2.75) is 46.0 Å². The van der Waals surface area contributed by atoms with E-state index in [-0.39, 0.29) is 23.4 Å². The zero-order chi connectivity index (χ0) is 26.0. The molecular weight excluding hydrogens is 468 g/mol. The Morgan fingerprint density at radius 1 is 1.06 bits per heavy atom. The van der Waals surface area contributed by atoms with Crippen LogP contribution in [0.3, 0.4) is 0 Å². The molecule has 0 bridgehead atoms. The number of amides is 1. The van der Waals surface area contributed by atoms with E-state index in [1.165, 1.54) is 30.3 Å². The van der Waals surface area contributed by atoms with E-state index >= 15 is 0 Å². The van der Waals surface area contributed by atoms with Crippen molar-refractivity contribution in [1.29, 1.82) is 0 Å². The van der Waals surface area contributed by atoms with Gasteiger partial charge < -0.3 is 15.2 Å². The fraction of sp³-hybridized carbons (Fsp3) is 0.320. The highest BCUT2D eigenvalue weighted by atomic mass is 19.4. The zero-order valence-electron chi connectivity index (χ0n) is 19.2. The Balaban J connectivity index is 1.98. The summed E-state index contributed by atoms with van der Waals surface area (Å²) in [6, 6.07) is 8.52. The van der Waals surface area contributed by atoms with Crippen molar-refractivity contribution in [3.05, 3.63) is 71.2 Å². The third-order valence-electron chi connectivity index (χ3n) is 5.91. The molecule has 0 aliphatic heterocycles. The summed E-state index contributed by atoms with van der Waals surface area (Å²) in [6.45, 7) is 4.96. The smallest absolute Gasteiger partial charge is 0.416 e. The normalized spacial score (nSPS) is 12.9. The fourth-order valence-corrected chi connectivity index (χ4v) is 3.41. The van der Waals surface area contributed by atoms with Crippen molar-refractivity contribution in [3.8, 4) is 5.75 Å². The highest BCUT2D eigenvalue weighted by Gasteiger charge is 2.36. The van der Waals surface area contributed by atoms with Gasteiger partial charge in [0.1, 0.15) is 18.2 Å². The van der Waals surface area contributed by atoms with Crippen molar-refractivity contribution < 1.29 is 37.0 Å². The number of fused-ring (bicyclic) bond motifs is 1. The van der Waals surface area contributed by atoms with E-state index in [4.69, 9.17) is 4.74 Å². The van der Waals surface area contributed by atoms with Crippen LogP contribution in [0.4, 0.5) is 17.6 Å². The summed E-state index contributed by atoms with van der Waals surface area (Å²) in [6.07, 6.45) is -4.03. The van der Waals surface area contributed by atoms with Gasteiger partial charge in [0.25, 0.3) is 5.91 Å². The van der Waals surface area contributed by atoms with Crippen molar-refractivity contribution in [2.24, 2.45) is 5.41 Å². The first-order chi connectivity index (χ1) is 16.3. The van der Waals surface area contributed by atoms with Crippen LogP contribution in [0.25, 0.3) is 10.9 Å². The number of aromatic nitrogens is 1. The summed E-state index contributed by atoms with van der Waals surface area (Å²) in [7, 11) is 0. The molecule has 2 N–H and O–H groups in total. The Hall–Kier alpha value is -3.69. The minimum Gasteiger partial charge on any atom is -0.486 e. The fourth-order valence-electron chi connectivity index (χ4n) is 3.41. The molecular formula is C25H24F4N2O4. The second-order valence-corrected chi connectivity index (χ2v) is 8.72. The van der Waals surface area contributed by atoms with E-state index in [0.717, 1.165) is 18.2 Å². The summed E-state index contributed by atoms with van der Waals surface area (Å²) >= 11 is 0. The van der Waals surface area contributed by atoms with Crippen molar-refractivity contribution in [2.75, 3.05) is 0 Å². The molecule has 0 aliphatic rings. The average Bonchev–Trinajstić information content (AvgIpc) is 2.80. The predicted molar refractivity (Wildman–Crippen MR) is 120 cm³/mol. The molecule has 1 atom stereocenters. The number of carboxylic acids is 1. The molecule has 1 amide bonds. The first-order valence-electron chi connectivity index (χ1n) is 10.8. The summed E-state index contributed by atoms with van der Waals surface area (Å²) < 4.78 is 58.2. The molecule has 3 rings (SSSR count). The number of hydrogen-bond donors (Lipinski definition) is 2. The van der Waals surface area contributed by atoms with Crippen LogP contribution in [0.15, 0.2) is 48.5 Å². The Labute approximate surface area is 198 Å². The third kappa shape index (κ3) is 5.87. The number of rotatable bonds is 8. The maximum atomic E-state index is 13.9. The lowest BCUT2D eigenvalue weighted by atomic mass is 9.81. The van der Waals surface area contributed by atoms with Gasteiger partial charge in [0, 0.05) is 5.39 Å². The molecule has 0 spiro atoms. The summed E-state index contributed by atoms with van der Waals surface area (Å²) in [5, 5.41) is 12.6. The minimum absolute atomic E-state index is 0.0196. The van der Waals surface area contributed by atoms with Gasteiger partial charge in [-0.3, -0.25) is 4.79 Å². The topological polar surface area (TPSA) is 88.5 Å². The maximum Gasteiger partial charge on any atom is 0.416 e. The number of nitrogens with one attached hydrogen (secondary N) is 1. The Bertz CT molecular complexity index is 1240. The SMILES string of the molecule is CCC(C)(C)C(NC(=O)c1ccc2ccc(F)nc2c1OCc1ccc(C(F)(F)F)cc1)C(=O)O. The quantitative estimate of drug-likeness (QED) is 0.316. The second kappa shape index (κ2) is 9.89. The van der Waals surface area contributed by atoms with Crippen LogP contribution in [0.1, 0.15) is 48.7 Å². The van der Waals surface area contributed by atoms with Crippen LogP contribution in [-0.4, -0.2) is 28.0 Å². The number of ether oxygens (including phenoxy) is 1. The lowest BCUT2D eigenvalue weighted by Crippen LogP contribution is -2.50. The molecule has 1 heterocycles. The van der Waals surface area contributed by atoms with Gasteiger partial charge in [-0.1, -0.05) is 39.0 Å². The van der Waals surface area contributed by atoms with Gasteiger partial charge >= 0.3 is 12.1 Å². The molecule has 1 unspecified atom stereocenters. The first-order valence-corrected chi connectivity index (χ1v) is 10.8. The van der Waals surface area contributed by atoms with Gasteiger partial charge in [0.2, 0.25) is 5.95 Å². The van der Waals surface area contributed by atoms with Gasteiger partial charge in [-0.25, -0.2) is 9.78 Å². The highest BCUT2D eigenvalue weighted by molar-refractivity contribution is 6.04. The largest absolute Gasteiger partial charge is 0.486 e. The number of benzene rings is 2. The number of halogens is 4. The molecule has 0 fully saturated rings. The maximum absolute atomic E-state index is 13.9. The first kappa shape index (κ1) is 25.9. The Kier molecular flexibility index (Phi) is 7.33. The summed E-state index contributed by atoms with van der Waals surface area (Å²) in [5.41, 5.74) is -1.29. The number of carboxylic acid groups (broad SMARTS) is 1. The number of nitrogens with zero attached hydrogens (tertiary/aromatic N) is 1. The molecule has 186 valence electrons. The molecule has 35 heavy (non-hydrogen) atoms. The molecule has 0 radical (unpaired) electrons. The lowest BCUT2D eigenvalue weighted by Gasteiger charge is -2.31. The van der Waals surface area contributed by atoms with Crippen LogP contribution in [-0.2, 0) is 17.6 Å². The van der Waals surface area contributed by atoms with E-state index in [2.05, 4.69) is 10.3 Å².